The number of nitrogens with one attached hydrogen (secondary N) is 1. The van der Waals surface area contributed by atoms with Gasteiger partial charge in [0.25, 0.3) is 11.5 Å². The van der Waals surface area contributed by atoms with Gasteiger partial charge in [-0.25, -0.2) is 13.6 Å². The van der Waals surface area contributed by atoms with Gasteiger partial charge < -0.3 is 14.2 Å². The number of aromatic nitrogens is 2. The Bertz CT molecular complexity index is 757. The molecule has 0 aromatic carbocycles. The van der Waals surface area contributed by atoms with Gasteiger partial charge in [0.2, 0.25) is 0 Å². The van der Waals surface area contributed by atoms with Gasteiger partial charge in [-0.1, -0.05) is 0 Å². The van der Waals surface area contributed by atoms with Crippen LogP contribution in [0.1, 0.15) is 26.5 Å². The quantitative estimate of drug-likeness (QED) is 0.809. The fraction of sp³-hybridized carbons (Fsp3) is 0.692. The number of hydrogen-bond acceptors (Lipinski definition) is 5. The first-order valence-electron chi connectivity index (χ1n) is 6.88. The molecule has 3 aliphatic rings. The lowest BCUT2D eigenvalue weighted by Gasteiger charge is -2.24. The monoisotopic (exact) mass is 316 g/mol. The number of halogens is 2. The van der Waals surface area contributed by atoms with Crippen LogP contribution in [0.2, 0.25) is 0 Å². The maximum Gasteiger partial charge on any atom is 0.330 e. The number of ether oxygens (including phenoxy) is 3. The predicted molar refractivity (Wildman–Crippen MR) is 67.6 cm³/mol. The molecule has 1 aliphatic carbocycles. The van der Waals surface area contributed by atoms with Gasteiger partial charge in [0, 0.05) is 12.3 Å². The molecule has 1 aromatic rings. The number of fused-ring (bicyclic) bond motifs is 2. The fourth-order valence-corrected chi connectivity index (χ4v) is 3.27. The van der Waals surface area contributed by atoms with Crippen LogP contribution in [-0.4, -0.2) is 39.1 Å². The lowest BCUT2D eigenvalue weighted by molar-refractivity contribution is -0.214. The Morgan fingerprint density at radius 3 is 2.55 bits per heavy atom. The van der Waals surface area contributed by atoms with Crippen LogP contribution in [0.4, 0.5) is 8.78 Å². The third kappa shape index (κ3) is 1.70. The van der Waals surface area contributed by atoms with Crippen LogP contribution in [0.15, 0.2) is 21.9 Å². The Labute approximate surface area is 122 Å². The first-order chi connectivity index (χ1) is 10.2. The molecule has 1 aromatic heterocycles. The number of hydrogen-bond donors (Lipinski definition) is 1. The minimum atomic E-state index is -3.03. The molecule has 1 saturated carbocycles. The van der Waals surface area contributed by atoms with Crippen molar-refractivity contribution < 1.29 is 23.0 Å². The van der Waals surface area contributed by atoms with Crippen LogP contribution in [-0.2, 0) is 14.2 Å². The molecule has 2 aliphatic heterocycles. The van der Waals surface area contributed by atoms with E-state index in [2.05, 4.69) is 4.98 Å². The Kier molecular flexibility index (Phi) is 2.45. The Morgan fingerprint density at radius 2 is 1.95 bits per heavy atom. The summed E-state index contributed by atoms with van der Waals surface area (Å²) in [5, 5.41) is 0. The van der Waals surface area contributed by atoms with Crippen molar-refractivity contribution in [3.05, 3.63) is 33.1 Å². The molecule has 3 fully saturated rings. The number of aromatic amines is 1. The zero-order valence-corrected chi connectivity index (χ0v) is 11.8. The van der Waals surface area contributed by atoms with Gasteiger partial charge in [-0.15, -0.1) is 0 Å². The molecule has 0 radical (unpaired) electrons. The summed E-state index contributed by atoms with van der Waals surface area (Å²) in [5.41, 5.74) is -3.09. The first-order valence-corrected chi connectivity index (χ1v) is 6.88. The Hall–Kier alpha value is -1.58. The van der Waals surface area contributed by atoms with E-state index in [1.54, 1.807) is 13.8 Å². The van der Waals surface area contributed by atoms with Gasteiger partial charge in [-0.3, -0.25) is 14.3 Å². The van der Waals surface area contributed by atoms with Crippen molar-refractivity contribution in [1.82, 2.24) is 9.55 Å². The van der Waals surface area contributed by atoms with Crippen molar-refractivity contribution in [1.29, 1.82) is 0 Å². The van der Waals surface area contributed by atoms with Crippen molar-refractivity contribution in [3.63, 3.8) is 0 Å². The molecule has 1 N–H and O–H groups in total. The number of H-pyrrole nitrogens is 1. The van der Waals surface area contributed by atoms with Gasteiger partial charge in [0.1, 0.15) is 12.2 Å². The van der Waals surface area contributed by atoms with Crippen LogP contribution in [0.25, 0.3) is 0 Å². The summed E-state index contributed by atoms with van der Waals surface area (Å²) < 4.78 is 45.4. The van der Waals surface area contributed by atoms with Crippen molar-refractivity contribution in [3.8, 4) is 0 Å². The highest BCUT2D eigenvalue weighted by molar-refractivity contribution is 5.24. The molecule has 3 heterocycles. The molecular weight excluding hydrogens is 302 g/mol. The van der Waals surface area contributed by atoms with E-state index in [1.807, 2.05) is 0 Å². The van der Waals surface area contributed by atoms with Crippen molar-refractivity contribution >= 4 is 0 Å². The molecule has 4 atom stereocenters. The van der Waals surface area contributed by atoms with E-state index in [4.69, 9.17) is 14.2 Å². The molecule has 0 bridgehead atoms. The Morgan fingerprint density at radius 1 is 1.27 bits per heavy atom. The molecule has 4 rings (SSSR count). The minimum absolute atomic E-state index is 0.477. The molecule has 1 spiro atoms. The second-order valence-corrected chi connectivity index (χ2v) is 6.32. The molecule has 0 amide bonds. The summed E-state index contributed by atoms with van der Waals surface area (Å²) in [4.78, 5) is 25.1. The second-order valence-electron chi connectivity index (χ2n) is 6.32. The second kappa shape index (κ2) is 3.84. The minimum Gasteiger partial charge on any atom is -0.341 e. The molecule has 9 heteroatoms. The summed E-state index contributed by atoms with van der Waals surface area (Å²) in [6.07, 6.45) is -2.18. The molecule has 0 unspecified atom stereocenters. The highest BCUT2D eigenvalue weighted by atomic mass is 19.3. The number of rotatable bonds is 1. The van der Waals surface area contributed by atoms with E-state index in [0.29, 0.717) is 0 Å². The predicted octanol–water partition coefficient (Wildman–Crippen LogP) is 0.363. The Balaban J connectivity index is 1.78. The topological polar surface area (TPSA) is 82.6 Å². The smallest absolute Gasteiger partial charge is 0.330 e. The lowest BCUT2D eigenvalue weighted by Crippen LogP contribution is -2.37. The van der Waals surface area contributed by atoms with E-state index < -0.39 is 53.4 Å². The third-order valence-corrected chi connectivity index (χ3v) is 4.30. The standard InChI is InChI=1S/C13H14F2N2O5/c1-11(2)20-7-8(21-11)12(5-13(12,14)15)22-9(7)17-4-3-6(18)16-10(17)19/h3-4,7-9H,5H2,1-2H3,(H,16,18,19)/t7-,8+,9-,12+/m1/s1. The van der Waals surface area contributed by atoms with Crippen LogP contribution in [0.3, 0.4) is 0 Å². The van der Waals surface area contributed by atoms with E-state index in [0.717, 1.165) is 10.6 Å². The van der Waals surface area contributed by atoms with Gasteiger partial charge in [-0.2, -0.15) is 0 Å². The normalized spacial score (nSPS) is 40.8. The van der Waals surface area contributed by atoms with Gasteiger partial charge in [-0.05, 0) is 13.8 Å². The number of alkyl halides is 2. The molecule has 22 heavy (non-hydrogen) atoms. The van der Waals surface area contributed by atoms with Crippen molar-refractivity contribution in [2.45, 2.75) is 56.0 Å². The SMILES string of the molecule is CC1(C)O[C@H]2[C@H](n3ccc(=O)[nH]c3=O)O[C@@]3(CC3(F)F)[C@H]2O1. The summed E-state index contributed by atoms with van der Waals surface area (Å²) in [7, 11) is 0. The highest BCUT2D eigenvalue weighted by Gasteiger charge is 2.84. The van der Waals surface area contributed by atoms with E-state index >= 15 is 0 Å². The summed E-state index contributed by atoms with van der Waals surface area (Å²) in [5.74, 6) is -4.07. The first kappa shape index (κ1) is 14.0. The number of nitrogens with zero attached hydrogens (tertiary/aromatic N) is 1. The van der Waals surface area contributed by atoms with Crippen molar-refractivity contribution in [2.24, 2.45) is 0 Å². The largest absolute Gasteiger partial charge is 0.341 e. The molecule has 2 saturated heterocycles. The van der Waals surface area contributed by atoms with E-state index in [1.165, 1.54) is 6.20 Å². The van der Waals surface area contributed by atoms with Crippen LogP contribution in [0, 0.1) is 0 Å². The van der Waals surface area contributed by atoms with Crippen LogP contribution in [0.5, 0.6) is 0 Å². The molecular formula is C13H14F2N2O5. The van der Waals surface area contributed by atoms with Gasteiger partial charge in [0.15, 0.2) is 17.6 Å². The molecule has 7 nitrogen and oxygen atoms in total. The van der Waals surface area contributed by atoms with Gasteiger partial charge in [0.05, 0.1) is 6.42 Å². The zero-order valence-electron chi connectivity index (χ0n) is 11.8. The fourth-order valence-electron chi connectivity index (χ4n) is 3.27. The summed E-state index contributed by atoms with van der Waals surface area (Å²) >= 11 is 0. The highest BCUT2D eigenvalue weighted by Crippen LogP contribution is 2.66. The maximum atomic E-state index is 13.8. The van der Waals surface area contributed by atoms with Crippen LogP contribution < -0.4 is 11.2 Å². The summed E-state index contributed by atoms with van der Waals surface area (Å²) in [6.45, 7) is 3.23. The average Bonchev–Trinajstić information content (AvgIpc) is 2.64. The van der Waals surface area contributed by atoms with Crippen LogP contribution >= 0.6 is 0 Å². The summed E-state index contributed by atoms with van der Waals surface area (Å²) in [6, 6.07) is 1.12. The van der Waals surface area contributed by atoms with Crippen molar-refractivity contribution in [2.75, 3.05) is 0 Å². The zero-order chi connectivity index (χ0) is 15.9. The third-order valence-electron chi connectivity index (χ3n) is 4.30. The maximum absolute atomic E-state index is 13.8. The van der Waals surface area contributed by atoms with E-state index in [9.17, 15) is 18.4 Å². The lowest BCUT2D eigenvalue weighted by atomic mass is 10.1. The van der Waals surface area contributed by atoms with Gasteiger partial charge >= 0.3 is 5.69 Å². The molecule has 120 valence electrons. The van der Waals surface area contributed by atoms with E-state index in [-0.39, 0.29) is 0 Å². The average molecular weight is 316 g/mol.